The van der Waals surface area contributed by atoms with Crippen LogP contribution in [0.2, 0.25) is 0 Å². The minimum absolute atomic E-state index is 0.0623. The Morgan fingerprint density at radius 1 is 0.967 bits per heavy atom. The lowest BCUT2D eigenvalue weighted by molar-refractivity contribution is -0.350. The fraction of sp³-hybridized carbons (Fsp3) is 0.391. The highest BCUT2D eigenvalue weighted by atomic mass is 16.7. The predicted octanol–water partition coefficient (Wildman–Crippen LogP) is 3.52. The van der Waals surface area contributed by atoms with Crippen molar-refractivity contribution in [2.24, 2.45) is 0 Å². The number of ether oxygens (including phenoxy) is 4. The van der Waals surface area contributed by atoms with Crippen molar-refractivity contribution in [3.8, 4) is 0 Å². The molecule has 30 heavy (non-hydrogen) atoms. The molecule has 0 bridgehead atoms. The molecule has 0 aromatic heterocycles. The van der Waals surface area contributed by atoms with Crippen molar-refractivity contribution in [1.82, 2.24) is 4.90 Å². The van der Waals surface area contributed by atoms with Gasteiger partial charge in [-0.2, -0.15) is 0 Å². The van der Waals surface area contributed by atoms with Crippen molar-refractivity contribution >= 4 is 12.1 Å². The molecule has 3 rings (SSSR count). The highest BCUT2D eigenvalue weighted by Gasteiger charge is 2.63. The van der Waals surface area contributed by atoms with E-state index in [1.165, 1.54) is 19.1 Å². The van der Waals surface area contributed by atoms with Crippen molar-refractivity contribution in [2.75, 3.05) is 14.2 Å². The van der Waals surface area contributed by atoms with Crippen LogP contribution < -0.4 is 0 Å². The number of rotatable bonds is 6. The first-order valence-electron chi connectivity index (χ1n) is 9.71. The van der Waals surface area contributed by atoms with Gasteiger partial charge in [0.15, 0.2) is 0 Å². The number of esters is 1. The summed E-state index contributed by atoms with van der Waals surface area (Å²) in [7, 11) is 2.84. The summed E-state index contributed by atoms with van der Waals surface area (Å²) in [4.78, 5) is 27.5. The molecule has 160 valence electrons. The summed E-state index contributed by atoms with van der Waals surface area (Å²) in [5.74, 6) is -2.10. The first kappa shape index (κ1) is 21.8. The van der Waals surface area contributed by atoms with Crippen LogP contribution in [0.15, 0.2) is 60.7 Å². The first-order chi connectivity index (χ1) is 14.3. The number of nitrogens with zero attached hydrogens (tertiary/aromatic N) is 1. The van der Waals surface area contributed by atoms with E-state index in [-0.39, 0.29) is 13.0 Å². The predicted molar refractivity (Wildman–Crippen MR) is 109 cm³/mol. The van der Waals surface area contributed by atoms with Gasteiger partial charge in [0.2, 0.25) is 5.72 Å². The zero-order valence-corrected chi connectivity index (χ0v) is 17.7. The molecular formula is C23H27NO6. The molecule has 0 aliphatic carbocycles. The van der Waals surface area contributed by atoms with E-state index in [1.807, 2.05) is 60.7 Å². The van der Waals surface area contributed by atoms with Crippen LogP contribution in [-0.4, -0.2) is 48.7 Å². The molecule has 0 N–H and O–H groups in total. The Balaban J connectivity index is 1.94. The average molecular weight is 413 g/mol. The largest absolute Gasteiger partial charge is 0.444 e. The van der Waals surface area contributed by atoms with Gasteiger partial charge >= 0.3 is 12.1 Å². The number of benzene rings is 2. The van der Waals surface area contributed by atoms with Gasteiger partial charge in [0.25, 0.3) is 5.79 Å². The quantitative estimate of drug-likeness (QED) is 0.675. The van der Waals surface area contributed by atoms with E-state index >= 15 is 0 Å². The highest BCUT2D eigenvalue weighted by Crippen LogP contribution is 2.40. The molecule has 7 nitrogen and oxygen atoms in total. The summed E-state index contributed by atoms with van der Waals surface area (Å²) in [6, 6.07) is 17.8. The number of methoxy groups -OCH3 is 2. The maximum absolute atomic E-state index is 13.3. The molecule has 1 saturated heterocycles. The molecule has 7 heteroatoms. The fourth-order valence-corrected chi connectivity index (χ4v) is 3.59. The normalized spacial score (nSPS) is 26.2. The van der Waals surface area contributed by atoms with Crippen LogP contribution in [0.5, 0.6) is 0 Å². The summed E-state index contributed by atoms with van der Waals surface area (Å²) in [6.07, 6.45) is -0.442. The molecule has 0 unspecified atom stereocenters. The van der Waals surface area contributed by atoms with Crippen LogP contribution in [0.25, 0.3) is 0 Å². The standard InChI is InChI=1S/C23H27NO6/c1-22(27-3)23(2,28-4)30-20(25)19(15-17-11-7-5-8-12-17)24(22)21(26)29-16-18-13-9-6-10-14-18/h5-14,19H,15-16H2,1-4H3/t19-,22-,23+/m1/s1. The Bertz CT molecular complexity index is 874. The maximum Gasteiger partial charge on any atom is 0.413 e. The van der Waals surface area contributed by atoms with Crippen LogP contribution in [0.4, 0.5) is 4.79 Å². The van der Waals surface area contributed by atoms with Crippen LogP contribution in [0.1, 0.15) is 25.0 Å². The van der Waals surface area contributed by atoms with Crippen molar-refractivity contribution in [3.63, 3.8) is 0 Å². The van der Waals surface area contributed by atoms with Gasteiger partial charge in [-0.05, 0) is 18.1 Å². The smallest absolute Gasteiger partial charge is 0.413 e. The summed E-state index contributed by atoms with van der Waals surface area (Å²) in [5, 5.41) is 0. The van der Waals surface area contributed by atoms with E-state index in [0.29, 0.717) is 0 Å². The van der Waals surface area contributed by atoms with Crippen LogP contribution in [0.3, 0.4) is 0 Å². The van der Waals surface area contributed by atoms with Gasteiger partial charge in [0, 0.05) is 27.6 Å². The molecule has 1 fully saturated rings. The van der Waals surface area contributed by atoms with Gasteiger partial charge in [-0.1, -0.05) is 60.7 Å². The van der Waals surface area contributed by atoms with E-state index in [1.54, 1.807) is 13.8 Å². The molecule has 1 amide bonds. The minimum Gasteiger partial charge on any atom is -0.444 e. The number of carbonyl (C=O) groups is 2. The highest BCUT2D eigenvalue weighted by molar-refractivity contribution is 5.84. The van der Waals surface area contributed by atoms with E-state index < -0.39 is 29.6 Å². The molecule has 1 aliphatic rings. The third kappa shape index (κ3) is 4.04. The van der Waals surface area contributed by atoms with Gasteiger partial charge in [0.1, 0.15) is 12.6 Å². The van der Waals surface area contributed by atoms with Gasteiger partial charge < -0.3 is 18.9 Å². The molecule has 0 spiro atoms. The maximum atomic E-state index is 13.3. The second kappa shape index (κ2) is 8.85. The SMILES string of the molecule is CO[C@@]1(C)OC(=O)[C@@H](Cc2ccccc2)N(C(=O)OCc2ccccc2)[C@]1(C)OC. The summed E-state index contributed by atoms with van der Waals surface area (Å²) in [6.45, 7) is 3.27. The lowest BCUT2D eigenvalue weighted by Crippen LogP contribution is -2.74. The van der Waals surface area contributed by atoms with E-state index in [9.17, 15) is 9.59 Å². The molecular weight excluding hydrogens is 386 g/mol. The van der Waals surface area contributed by atoms with Crippen molar-refractivity contribution in [1.29, 1.82) is 0 Å². The molecule has 0 radical (unpaired) electrons. The Hall–Kier alpha value is -2.90. The molecule has 1 heterocycles. The van der Waals surface area contributed by atoms with E-state index in [4.69, 9.17) is 18.9 Å². The topological polar surface area (TPSA) is 74.3 Å². The molecule has 1 aliphatic heterocycles. The number of cyclic esters (lactones) is 1. The molecule has 3 atom stereocenters. The monoisotopic (exact) mass is 413 g/mol. The minimum atomic E-state index is -1.52. The van der Waals surface area contributed by atoms with Gasteiger partial charge in [-0.15, -0.1) is 0 Å². The second-order valence-electron chi connectivity index (χ2n) is 7.37. The lowest BCUT2D eigenvalue weighted by atomic mass is 9.95. The van der Waals surface area contributed by atoms with Crippen molar-refractivity contribution < 1.29 is 28.5 Å². The van der Waals surface area contributed by atoms with Crippen LogP contribution in [0, 0.1) is 0 Å². The Morgan fingerprint density at radius 3 is 2.07 bits per heavy atom. The number of morpholine rings is 1. The van der Waals surface area contributed by atoms with Crippen molar-refractivity contribution in [3.05, 3.63) is 71.8 Å². The zero-order valence-electron chi connectivity index (χ0n) is 17.7. The summed E-state index contributed by atoms with van der Waals surface area (Å²) in [5.41, 5.74) is 0.293. The average Bonchev–Trinajstić information content (AvgIpc) is 2.77. The van der Waals surface area contributed by atoms with Crippen molar-refractivity contribution in [2.45, 2.75) is 44.4 Å². The molecule has 2 aromatic carbocycles. The number of amides is 1. The molecule has 0 saturated carbocycles. The fourth-order valence-electron chi connectivity index (χ4n) is 3.59. The van der Waals surface area contributed by atoms with E-state index in [2.05, 4.69) is 0 Å². The van der Waals surface area contributed by atoms with Gasteiger partial charge in [-0.25, -0.2) is 9.59 Å². The lowest BCUT2D eigenvalue weighted by Gasteiger charge is -2.54. The Kier molecular flexibility index (Phi) is 6.43. The van der Waals surface area contributed by atoms with Gasteiger partial charge in [0.05, 0.1) is 0 Å². The number of hydrogen-bond acceptors (Lipinski definition) is 6. The number of hydrogen-bond donors (Lipinski definition) is 0. The summed E-state index contributed by atoms with van der Waals surface area (Å²) >= 11 is 0. The molecule has 2 aromatic rings. The summed E-state index contributed by atoms with van der Waals surface area (Å²) < 4.78 is 22.4. The number of carbonyl (C=O) groups excluding carboxylic acids is 2. The third-order valence-electron chi connectivity index (χ3n) is 5.64. The van der Waals surface area contributed by atoms with Gasteiger partial charge in [-0.3, -0.25) is 4.90 Å². The third-order valence-corrected chi connectivity index (χ3v) is 5.64. The van der Waals surface area contributed by atoms with Crippen LogP contribution >= 0.6 is 0 Å². The second-order valence-corrected chi connectivity index (χ2v) is 7.37. The zero-order chi connectivity index (χ0) is 21.8. The van der Waals surface area contributed by atoms with Crippen LogP contribution in [-0.2, 0) is 36.8 Å². The Morgan fingerprint density at radius 2 is 1.53 bits per heavy atom. The Labute approximate surface area is 176 Å². The van der Waals surface area contributed by atoms with E-state index in [0.717, 1.165) is 11.1 Å². The first-order valence-corrected chi connectivity index (χ1v) is 9.71.